The van der Waals surface area contributed by atoms with E-state index in [1.165, 1.54) is 190 Å². The zero-order valence-corrected chi connectivity index (χ0v) is 58.1. The quantitative estimate of drug-likeness (QED) is 0.139. The number of carbonyl (C=O) groups is 5. The molecule has 16 aliphatic rings. The molecule has 13 saturated carbocycles. The van der Waals surface area contributed by atoms with Gasteiger partial charge >= 0.3 is 11.9 Å². The highest BCUT2D eigenvalue weighted by atomic mass is 16.5. The molecule has 0 aromatic carbocycles. The fraction of sp³-hybridized carbons (Fsp3) is 0.821. The van der Waals surface area contributed by atoms with Gasteiger partial charge in [0.25, 0.3) is 17.7 Å². The van der Waals surface area contributed by atoms with Crippen LogP contribution < -0.4 is 16.0 Å². The Bertz CT molecular complexity index is 3070. The van der Waals surface area contributed by atoms with E-state index in [1.807, 2.05) is 13.8 Å². The Morgan fingerprint density at radius 3 is 1.19 bits per heavy atom. The number of aromatic nitrogens is 6. The molecule has 514 valence electrons. The Labute approximate surface area is 560 Å². The first-order chi connectivity index (χ1) is 45.6. The summed E-state index contributed by atoms with van der Waals surface area (Å²) in [6.45, 7) is 11.6. The predicted octanol–water partition coefficient (Wildman–Crippen LogP) is 14.4. The van der Waals surface area contributed by atoms with Crippen LogP contribution >= 0.6 is 0 Å². The molecule has 16 nitrogen and oxygen atoms in total. The van der Waals surface area contributed by atoms with Gasteiger partial charge in [-0.15, -0.1) is 0 Å². The van der Waals surface area contributed by atoms with Crippen molar-refractivity contribution in [1.82, 2.24) is 45.3 Å². The van der Waals surface area contributed by atoms with Crippen molar-refractivity contribution in [1.29, 1.82) is 0 Å². The van der Waals surface area contributed by atoms with Crippen LogP contribution in [0.5, 0.6) is 0 Å². The van der Waals surface area contributed by atoms with E-state index in [0.29, 0.717) is 91.3 Å². The van der Waals surface area contributed by atoms with E-state index in [2.05, 4.69) is 50.8 Å². The van der Waals surface area contributed by atoms with E-state index in [-0.39, 0.29) is 58.4 Å². The highest BCUT2D eigenvalue weighted by Gasteiger charge is 2.60. The molecule has 3 aromatic heterocycles. The van der Waals surface area contributed by atoms with Crippen molar-refractivity contribution in [3.8, 4) is 0 Å². The maximum atomic E-state index is 13.7. The molecule has 3 heterocycles. The molecule has 5 atom stereocenters. The van der Waals surface area contributed by atoms with E-state index in [9.17, 15) is 24.0 Å². The second-order valence-corrected chi connectivity index (χ2v) is 34.3. The summed E-state index contributed by atoms with van der Waals surface area (Å²) in [6.07, 6.45) is 44.5. The van der Waals surface area contributed by atoms with E-state index in [4.69, 9.17) is 24.8 Å². The number of nitrogens with zero attached hydrogens (tertiary/aromatic N) is 6. The summed E-state index contributed by atoms with van der Waals surface area (Å²) in [5, 5.41) is 25.5. The fourth-order valence-electron chi connectivity index (χ4n) is 23.9. The van der Waals surface area contributed by atoms with Crippen molar-refractivity contribution in [2.75, 3.05) is 13.2 Å². The minimum Gasteiger partial charge on any atom is -0.466 e. The third kappa shape index (κ3) is 12.5. The highest BCUT2D eigenvalue weighted by molar-refractivity contribution is 5.96. The van der Waals surface area contributed by atoms with E-state index in [0.717, 1.165) is 111 Å². The summed E-state index contributed by atoms with van der Waals surface area (Å²) < 4.78 is 17.4. The van der Waals surface area contributed by atoms with E-state index in [1.54, 1.807) is 0 Å². The van der Waals surface area contributed by atoms with Crippen LogP contribution in [0.1, 0.15) is 323 Å². The predicted molar refractivity (Wildman–Crippen MR) is 361 cm³/mol. The number of esters is 2. The lowest BCUT2D eigenvalue weighted by molar-refractivity contribution is -0.149. The van der Waals surface area contributed by atoms with Gasteiger partial charge in [-0.05, 0) is 264 Å². The van der Waals surface area contributed by atoms with Gasteiger partial charge in [0.05, 0.1) is 43.2 Å². The average Bonchev–Trinajstić information content (AvgIpc) is 1.53. The molecule has 0 radical (unpaired) electrons. The first-order valence-corrected chi connectivity index (χ1v) is 39.2. The molecule has 0 aliphatic heterocycles. The van der Waals surface area contributed by atoms with Gasteiger partial charge in [-0.3, -0.25) is 38.0 Å². The number of hydrogen-bond acceptors (Lipinski definition) is 10. The average molecular weight is 1290 g/mol. The van der Waals surface area contributed by atoms with Crippen molar-refractivity contribution >= 4 is 29.7 Å². The van der Waals surface area contributed by atoms with Crippen LogP contribution in [0.3, 0.4) is 0 Å². The Morgan fingerprint density at radius 1 is 0.436 bits per heavy atom. The Morgan fingerprint density at radius 2 is 0.809 bits per heavy atom. The second-order valence-electron chi connectivity index (χ2n) is 34.3. The number of carbonyl (C=O) groups excluding carboxylic acids is 5. The molecule has 16 heteroatoms. The zero-order valence-electron chi connectivity index (χ0n) is 58.1. The lowest BCUT2D eigenvalue weighted by Crippen LogP contribution is -2.56. The normalized spacial score (nSPS) is 35.0. The number of amides is 3. The molecule has 10 bridgehead atoms. The Balaban J connectivity index is 0.000000117. The van der Waals surface area contributed by atoms with Gasteiger partial charge < -0.3 is 25.4 Å². The molecule has 3 aromatic rings. The number of nitrogens with one attached hydrogen (secondary N) is 3. The van der Waals surface area contributed by atoms with Crippen molar-refractivity contribution in [3.63, 3.8) is 0 Å². The molecule has 19 rings (SSSR count). The van der Waals surface area contributed by atoms with Gasteiger partial charge in [0.1, 0.15) is 0 Å². The molecular formula is C78H115N9O7. The topological polar surface area (TPSA) is 193 Å². The molecule has 13 fully saturated rings. The van der Waals surface area contributed by atoms with Gasteiger partial charge in [0, 0.05) is 51.9 Å². The molecule has 3 amide bonds. The Kier molecular flexibility index (Phi) is 18.7. The zero-order chi connectivity index (χ0) is 64.6. The lowest BCUT2D eigenvalue weighted by Gasteiger charge is -2.54. The SMILES string of the molecule is CC12CCC(C1)C(C)(C)[C@H]2NC(=O)c1nn(C2CCCCC2)c2c1CCCC2.CCOC(=O)[C@@H]1CCc2c(c(C(=O)NC3C4CC5CC(C4)CC3C5)nn2C2CCCCC2)C1.CCOC(=O)[C@H]1CCc2c(c(C(=O)NC3C4CC5CC(C4)CC3C5)nn2C2CCCCC2)C1. The number of ether oxygens (including phenoxy) is 2. The van der Waals surface area contributed by atoms with Gasteiger partial charge in [-0.25, -0.2) is 0 Å². The molecule has 2 unspecified atom stereocenters. The molecule has 94 heavy (non-hydrogen) atoms. The van der Waals surface area contributed by atoms with Crippen LogP contribution in [0.15, 0.2) is 0 Å². The summed E-state index contributed by atoms with van der Waals surface area (Å²) in [4.78, 5) is 66.0. The van der Waals surface area contributed by atoms with Gasteiger partial charge in [0.15, 0.2) is 17.1 Å². The van der Waals surface area contributed by atoms with Crippen LogP contribution in [0.2, 0.25) is 0 Å². The first-order valence-electron chi connectivity index (χ1n) is 39.2. The highest BCUT2D eigenvalue weighted by Crippen LogP contribution is 2.63. The molecule has 3 N–H and O–H groups in total. The monoisotopic (exact) mass is 1290 g/mol. The van der Waals surface area contributed by atoms with Gasteiger partial charge in [0.2, 0.25) is 0 Å². The van der Waals surface area contributed by atoms with Crippen molar-refractivity contribution in [2.45, 2.75) is 315 Å². The maximum absolute atomic E-state index is 13.7. The van der Waals surface area contributed by atoms with Gasteiger partial charge in [-0.2, -0.15) is 15.3 Å². The van der Waals surface area contributed by atoms with E-state index < -0.39 is 0 Å². The number of fused-ring (bicyclic) bond motifs is 5. The second kappa shape index (κ2) is 27.0. The summed E-state index contributed by atoms with van der Waals surface area (Å²) >= 11 is 0. The standard InChI is InChI=1S/2C27H39N3O3.C24H37N3O/c2*1-2-33-27(32)18-8-9-23-22(15-18)25(29-30(23)21-6-4-3-5-7-21)26(31)28-24-19-11-16-10-17(13-19)14-20(24)12-16;1-23(2)16-13-14-24(3,15-16)22(23)25-21(28)20-18-11-7-8-12-19(18)27(26-20)17-9-5-4-6-10-17/h2*16-21,24H,2-15H2,1H3,(H,28,31);16-17,22H,4-15H2,1-3H3,(H,25,28)/t2*16?,17?,18-,19?,20?,24?;16?,22-,24?/m101/s1. The molecule has 0 saturated heterocycles. The summed E-state index contributed by atoms with van der Waals surface area (Å²) in [7, 11) is 0. The third-order valence-corrected chi connectivity index (χ3v) is 28.0. The van der Waals surface area contributed by atoms with Crippen molar-refractivity contribution in [3.05, 3.63) is 50.9 Å². The lowest BCUT2D eigenvalue weighted by atomic mass is 9.54. The van der Waals surface area contributed by atoms with Crippen LogP contribution in [0, 0.1) is 75.9 Å². The molecular weight excluding hydrogens is 1170 g/mol. The van der Waals surface area contributed by atoms with Gasteiger partial charge in [-0.1, -0.05) is 78.6 Å². The fourth-order valence-corrected chi connectivity index (χ4v) is 23.9. The summed E-state index contributed by atoms with van der Waals surface area (Å²) in [5.74, 6) is 6.44. The van der Waals surface area contributed by atoms with Crippen LogP contribution in [0.4, 0.5) is 0 Å². The maximum Gasteiger partial charge on any atom is 0.309 e. The van der Waals surface area contributed by atoms with Crippen molar-refractivity contribution in [2.24, 2.45) is 75.9 Å². The number of hydrogen-bond donors (Lipinski definition) is 3. The number of rotatable bonds is 13. The molecule has 0 spiro atoms. The smallest absolute Gasteiger partial charge is 0.309 e. The first kappa shape index (κ1) is 64.9. The van der Waals surface area contributed by atoms with E-state index >= 15 is 0 Å². The third-order valence-electron chi connectivity index (χ3n) is 28.0. The molecule has 16 aliphatic carbocycles. The largest absolute Gasteiger partial charge is 0.466 e. The minimum absolute atomic E-state index is 0.00258. The van der Waals surface area contributed by atoms with Crippen LogP contribution in [-0.2, 0) is 57.6 Å². The Hall–Kier alpha value is -5.02. The summed E-state index contributed by atoms with van der Waals surface area (Å²) in [6, 6.07) is 2.20. The minimum atomic E-state index is -0.158. The van der Waals surface area contributed by atoms with Crippen LogP contribution in [-0.4, -0.2) is 90.3 Å². The van der Waals surface area contributed by atoms with Crippen LogP contribution in [0.25, 0.3) is 0 Å². The summed E-state index contributed by atoms with van der Waals surface area (Å²) in [5.41, 5.74) is 9.49. The van der Waals surface area contributed by atoms with Crippen molar-refractivity contribution < 1.29 is 33.4 Å².